The Morgan fingerprint density at radius 2 is 2.12 bits per heavy atom. The van der Waals surface area contributed by atoms with Gasteiger partial charge in [0.2, 0.25) is 0 Å². The molecule has 0 saturated heterocycles. The van der Waals surface area contributed by atoms with Crippen LogP contribution in [0.5, 0.6) is 0 Å². The van der Waals surface area contributed by atoms with Crippen LogP contribution in [0.15, 0.2) is 22.7 Å². The molecule has 0 radical (unpaired) electrons. The Labute approximate surface area is 105 Å². The van der Waals surface area contributed by atoms with Gasteiger partial charge in [-0.25, -0.2) is 0 Å². The van der Waals surface area contributed by atoms with E-state index < -0.39 is 11.1 Å². The zero-order valence-electron chi connectivity index (χ0n) is 9.76. The lowest BCUT2D eigenvalue weighted by Crippen LogP contribution is -2.60. The second kappa shape index (κ2) is 3.83. The smallest absolute Gasteiger partial charge is 0.0773 e. The molecule has 0 amide bonds. The fourth-order valence-corrected chi connectivity index (χ4v) is 2.95. The van der Waals surface area contributed by atoms with Crippen LogP contribution in [0.25, 0.3) is 0 Å². The summed E-state index contributed by atoms with van der Waals surface area (Å²) in [5.41, 5.74) is 7.58. The number of halogens is 1. The van der Waals surface area contributed by atoms with Crippen LogP contribution >= 0.6 is 15.9 Å². The van der Waals surface area contributed by atoms with E-state index in [1.54, 1.807) is 13.8 Å². The molecule has 0 saturated carbocycles. The first-order valence-electron chi connectivity index (χ1n) is 5.61. The van der Waals surface area contributed by atoms with E-state index in [0.29, 0.717) is 0 Å². The summed E-state index contributed by atoms with van der Waals surface area (Å²) in [5, 5.41) is 10.2. The maximum Gasteiger partial charge on any atom is 0.0773 e. The molecular weight excluding hydrogens is 266 g/mol. The average Bonchev–Trinajstić information content (AvgIpc) is 2.16. The summed E-state index contributed by atoms with van der Waals surface area (Å²) in [6, 6.07) is 6.19. The third kappa shape index (κ3) is 1.92. The Morgan fingerprint density at radius 1 is 1.44 bits per heavy atom. The number of fused-ring (bicyclic) bond motifs is 1. The second-order valence-electron chi connectivity index (χ2n) is 5.27. The van der Waals surface area contributed by atoms with Crippen LogP contribution in [0.2, 0.25) is 0 Å². The number of rotatable bonds is 1. The molecule has 1 aromatic carbocycles. The molecule has 3 N–H and O–H groups in total. The van der Waals surface area contributed by atoms with Crippen LogP contribution in [-0.2, 0) is 12.8 Å². The number of nitrogens with two attached hydrogens (primary N) is 1. The molecule has 1 aliphatic rings. The van der Waals surface area contributed by atoms with E-state index in [-0.39, 0.29) is 0 Å². The van der Waals surface area contributed by atoms with Gasteiger partial charge < -0.3 is 10.8 Å². The van der Waals surface area contributed by atoms with Crippen molar-refractivity contribution in [3.05, 3.63) is 33.8 Å². The summed E-state index contributed by atoms with van der Waals surface area (Å²) >= 11 is 3.57. The van der Waals surface area contributed by atoms with Gasteiger partial charge in [-0.3, -0.25) is 0 Å². The van der Waals surface area contributed by atoms with E-state index >= 15 is 0 Å². The lowest BCUT2D eigenvalue weighted by atomic mass is 9.70. The van der Waals surface area contributed by atoms with E-state index in [0.717, 1.165) is 23.7 Å². The van der Waals surface area contributed by atoms with Crippen molar-refractivity contribution in [3.8, 4) is 0 Å². The minimum atomic E-state index is -0.840. The van der Waals surface area contributed by atoms with Gasteiger partial charge in [-0.1, -0.05) is 28.1 Å². The summed E-state index contributed by atoms with van der Waals surface area (Å²) in [4.78, 5) is 0. The molecule has 0 heterocycles. The molecule has 3 heteroatoms. The van der Waals surface area contributed by atoms with Crippen molar-refractivity contribution in [2.45, 2.75) is 44.2 Å². The quantitative estimate of drug-likeness (QED) is 0.832. The summed E-state index contributed by atoms with van der Waals surface area (Å²) in [5.74, 6) is 0. The first-order chi connectivity index (χ1) is 7.33. The molecule has 0 aliphatic heterocycles. The molecule has 88 valence electrons. The van der Waals surface area contributed by atoms with Gasteiger partial charge in [-0.2, -0.15) is 0 Å². The first kappa shape index (κ1) is 12.1. The van der Waals surface area contributed by atoms with Gasteiger partial charge in [0.05, 0.1) is 5.60 Å². The number of hydrogen-bond donors (Lipinski definition) is 2. The zero-order valence-corrected chi connectivity index (χ0v) is 11.3. The highest BCUT2D eigenvalue weighted by Gasteiger charge is 2.42. The van der Waals surface area contributed by atoms with E-state index in [1.165, 1.54) is 11.1 Å². The zero-order chi connectivity index (χ0) is 12.0. The number of aliphatic hydroxyl groups is 1. The van der Waals surface area contributed by atoms with Crippen molar-refractivity contribution in [3.63, 3.8) is 0 Å². The Kier molecular flexibility index (Phi) is 2.89. The summed E-state index contributed by atoms with van der Waals surface area (Å²) in [6.45, 7) is 3.60. The van der Waals surface area contributed by atoms with Gasteiger partial charge in [-0.05, 0) is 50.3 Å². The average molecular weight is 284 g/mol. The van der Waals surface area contributed by atoms with Crippen LogP contribution in [0, 0.1) is 0 Å². The van der Waals surface area contributed by atoms with Crippen molar-refractivity contribution in [1.29, 1.82) is 0 Å². The summed E-state index contributed by atoms with van der Waals surface area (Å²) in [7, 11) is 0. The minimum Gasteiger partial charge on any atom is -0.389 e. The molecule has 0 spiro atoms. The third-order valence-corrected chi connectivity index (χ3v) is 4.50. The first-order valence-corrected chi connectivity index (χ1v) is 6.40. The largest absolute Gasteiger partial charge is 0.389 e. The van der Waals surface area contributed by atoms with Crippen LogP contribution < -0.4 is 5.73 Å². The van der Waals surface area contributed by atoms with Crippen molar-refractivity contribution < 1.29 is 5.11 Å². The molecule has 0 fully saturated rings. The molecule has 2 rings (SSSR count). The maximum atomic E-state index is 10.2. The predicted molar refractivity (Wildman–Crippen MR) is 69.4 cm³/mol. The van der Waals surface area contributed by atoms with E-state index in [1.807, 2.05) is 6.07 Å². The second-order valence-corrected chi connectivity index (χ2v) is 6.12. The number of benzene rings is 1. The summed E-state index contributed by atoms with van der Waals surface area (Å²) < 4.78 is 1.16. The molecule has 0 bridgehead atoms. The minimum absolute atomic E-state index is 0.513. The Balaban J connectivity index is 2.38. The van der Waals surface area contributed by atoms with Gasteiger partial charge in [0.25, 0.3) is 0 Å². The van der Waals surface area contributed by atoms with E-state index in [2.05, 4.69) is 28.1 Å². The predicted octanol–water partition coefficient (Wildman–Crippen LogP) is 2.41. The van der Waals surface area contributed by atoms with Crippen molar-refractivity contribution in [2.24, 2.45) is 5.73 Å². The monoisotopic (exact) mass is 283 g/mol. The fourth-order valence-electron chi connectivity index (χ4n) is 2.35. The Morgan fingerprint density at radius 3 is 2.75 bits per heavy atom. The molecular formula is C13H18BrNO. The molecule has 2 nitrogen and oxygen atoms in total. The van der Waals surface area contributed by atoms with Crippen LogP contribution in [0.3, 0.4) is 0 Å². The third-order valence-electron chi connectivity index (χ3n) is 3.76. The maximum absolute atomic E-state index is 10.2. The van der Waals surface area contributed by atoms with E-state index in [9.17, 15) is 5.11 Å². The number of hydrogen-bond acceptors (Lipinski definition) is 2. The Bertz CT molecular complexity index is 411. The van der Waals surface area contributed by atoms with E-state index in [4.69, 9.17) is 5.73 Å². The van der Waals surface area contributed by atoms with Gasteiger partial charge in [-0.15, -0.1) is 0 Å². The highest BCUT2D eigenvalue weighted by atomic mass is 79.9. The van der Waals surface area contributed by atoms with Crippen molar-refractivity contribution in [1.82, 2.24) is 0 Å². The molecule has 16 heavy (non-hydrogen) atoms. The van der Waals surface area contributed by atoms with Crippen LogP contribution in [0.1, 0.15) is 31.4 Å². The lowest BCUT2D eigenvalue weighted by molar-refractivity contribution is -0.00945. The molecule has 1 atom stereocenters. The SMILES string of the molecule is CC(C)(O)C1(N)CCc2c(Br)cccc2C1. The van der Waals surface area contributed by atoms with Gasteiger partial charge in [0, 0.05) is 10.0 Å². The topological polar surface area (TPSA) is 46.2 Å². The van der Waals surface area contributed by atoms with Crippen LogP contribution in [0.4, 0.5) is 0 Å². The van der Waals surface area contributed by atoms with Crippen molar-refractivity contribution in [2.75, 3.05) is 0 Å². The highest BCUT2D eigenvalue weighted by molar-refractivity contribution is 9.10. The molecule has 1 aliphatic carbocycles. The standard InChI is InChI=1S/C13H18BrNO/c1-12(2,16)13(15)7-6-10-9(8-13)4-3-5-11(10)14/h3-5,16H,6-8,15H2,1-2H3. The molecule has 1 aromatic rings. The van der Waals surface area contributed by atoms with Gasteiger partial charge in [0.15, 0.2) is 0 Å². The lowest BCUT2D eigenvalue weighted by Gasteiger charge is -2.43. The Hall–Kier alpha value is -0.380. The molecule has 1 unspecified atom stereocenters. The van der Waals surface area contributed by atoms with Crippen molar-refractivity contribution >= 4 is 15.9 Å². The van der Waals surface area contributed by atoms with Gasteiger partial charge in [0.1, 0.15) is 0 Å². The normalized spacial score (nSPS) is 25.3. The highest BCUT2D eigenvalue weighted by Crippen LogP contribution is 2.36. The fraction of sp³-hybridized carbons (Fsp3) is 0.538. The molecule has 0 aromatic heterocycles. The van der Waals surface area contributed by atoms with Gasteiger partial charge >= 0.3 is 0 Å². The van der Waals surface area contributed by atoms with Crippen LogP contribution in [-0.4, -0.2) is 16.2 Å². The summed E-state index contributed by atoms with van der Waals surface area (Å²) in [6.07, 6.45) is 2.49.